The summed E-state index contributed by atoms with van der Waals surface area (Å²) in [6, 6.07) is 20.8. The van der Waals surface area contributed by atoms with Crippen molar-refractivity contribution in [2.45, 2.75) is 22.7 Å². The Morgan fingerprint density at radius 3 is 2.33 bits per heavy atom. The molecule has 4 aromatic rings. The van der Waals surface area contributed by atoms with Gasteiger partial charge < -0.3 is 14.8 Å². The third kappa shape index (κ3) is 4.87. The average Bonchev–Trinajstić information content (AvgIpc) is 3.44. The lowest BCUT2D eigenvalue weighted by Crippen LogP contribution is -2.33. The smallest absolute Gasteiger partial charge is 0.308 e. The van der Waals surface area contributed by atoms with Gasteiger partial charge in [-0.05, 0) is 54.1 Å². The van der Waals surface area contributed by atoms with Crippen LogP contribution in [-0.4, -0.2) is 41.8 Å². The third-order valence-electron chi connectivity index (χ3n) is 7.26. The Balaban J connectivity index is 1.45. The van der Waals surface area contributed by atoms with Gasteiger partial charge >= 0.3 is 4.87 Å². The van der Waals surface area contributed by atoms with Crippen LogP contribution in [0.2, 0.25) is 5.02 Å². The van der Waals surface area contributed by atoms with E-state index in [4.69, 9.17) is 21.1 Å². The molecule has 0 radical (unpaired) electrons. The van der Waals surface area contributed by atoms with E-state index >= 15 is 0 Å². The number of carbonyl (C=O) groups is 3. The quantitative estimate of drug-likeness (QED) is 0.289. The molecule has 2 aliphatic rings. The summed E-state index contributed by atoms with van der Waals surface area (Å²) in [5.74, 6) is -1.64. The second kappa shape index (κ2) is 11.3. The van der Waals surface area contributed by atoms with Crippen molar-refractivity contribution < 1.29 is 23.9 Å². The summed E-state index contributed by atoms with van der Waals surface area (Å²) in [5.41, 5.74) is 1.70. The van der Waals surface area contributed by atoms with Crippen LogP contribution in [0, 0.1) is 5.92 Å². The highest BCUT2D eigenvalue weighted by atomic mass is 35.5. The van der Waals surface area contributed by atoms with E-state index in [0.717, 1.165) is 23.1 Å². The Labute approximate surface area is 254 Å². The first-order valence-corrected chi connectivity index (χ1v) is 15.0. The van der Waals surface area contributed by atoms with Crippen molar-refractivity contribution >= 4 is 63.8 Å². The van der Waals surface area contributed by atoms with Crippen molar-refractivity contribution in [1.82, 2.24) is 4.57 Å². The number of halogens is 1. The predicted molar refractivity (Wildman–Crippen MR) is 162 cm³/mol. The lowest BCUT2D eigenvalue weighted by Gasteiger charge is -2.31. The van der Waals surface area contributed by atoms with Gasteiger partial charge in [-0.3, -0.25) is 23.7 Å². The maximum Gasteiger partial charge on any atom is 0.308 e. The van der Waals surface area contributed by atoms with E-state index < -0.39 is 23.0 Å². The van der Waals surface area contributed by atoms with Gasteiger partial charge in [0.25, 0.3) is 0 Å². The number of hydrogen-bond acceptors (Lipinski definition) is 8. The highest BCUT2D eigenvalue weighted by Crippen LogP contribution is 2.54. The first-order chi connectivity index (χ1) is 20.3. The van der Waals surface area contributed by atoms with Crippen LogP contribution >= 0.6 is 34.7 Å². The minimum atomic E-state index is -0.823. The number of methoxy groups -OCH3 is 2. The summed E-state index contributed by atoms with van der Waals surface area (Å²) in [7, 11) is 3.04. The standard InChI is InChI=1S/C30H24ClN3O6S2/c1-39-20-13-8-16(14-21(20)40-2)23-24-25(28(37)34(27(24)36)19-11-9-17(31)10-12-19)41-29-26(23)42-30(38)33(29)15-22(35)32-18-6-4-3-5-7-18/h3-14,23-25H,15H2,1-2H3,(H,32,35)/t23-,24?,25?/m1/s1. The van der Waals surface area contributed by atoms with Crippen molar-refractivity contribution in [3.63, 3.8) is 0 Å². The minimum Gasteiger partial charge on any atom is -0.493 e. The molecule has 3 atom stereocenters. The van der Waals surface area contributed by atoms with Crippen LogP contribution in [-0.2, 0) is 20.9 Å². The molecule has 1 N–H and O–H groups in total. The Morgan fingerprint density at radius 1 is 0.929 bits per heavy atom. The third-order valence-corrected chi connectivity index (χ3v) is 10.1. The van der Waals surface area contributed by atoms with E-state index in [9.17, 15) is 19.2 Å². The molecular weight excluding hydrogens is 598 g/mol. The van der Waals surface area contributed by atoms with Crippen LogP contribution in [0.4, 0.5) is 11.4 Å². The van der Waals surface area contributed by atoms with E-state index in [-0.39, 0.29) is 23.2 Å². The molecule has 12 heteroatoms. The highest BCUT2D eigenvalue weighted by Gasteiger charge is 2.57. The molecule has 0 saturated carbocycles. The van der Waals surface area contributed by atoms with E-state index in [1.165, 1.54) is 23.7 Å². The fourth-order valence-electron chi connectivity index (χ4n) is 5.37. The number of imide groups is 1. The maximum absolute atomic E-state index is 14.0. The van der Waals surface area contributed by atoms with Gasteiger partial charge in [-0.15, -0.1) is 0 Å². The molecule has 42 heavy (non-hydrogen) atoms. The van der Waals surface area contributed by atoms with E-state index in [0.29, 0.717) is 43.4 Å². The molecule has 1 aromatic heterocycles. The number of nitrogens with one attached hydrogen (secondary N) is 1. The molecule has 2 unspecified atom stereocenters. The Hall–Kier alpha value is -4.06. The Kier molecular flexibility index (Phi) is 7.56. The second-order valence-corrected chi connectivity index (χ2v) is 12.2. The molecule has 1 saturated heterocycles. The molecule has 6 rings (SSSR count). The summed E-state index contributed by atoms with van der Waals surface area (Å²) in [4.78, 5) is 55.7. The predicted octanol–water partition coefficient (Wildman–Crippen LogP) is 5.01. The summed E-state index contributed by atoms with van der Waals surface area (Å²) < 4.78 is 12.3. The number of thioether (sulfide) groups is 1. The van der Waals surface area contributed by atoms with Crippen LogP contribution in [0.5, 0.6) is 11.5 Å². The van der Waals surface area contributed by atoms with E-state index in [2.05, 4.69) is 5.32 Å². The zero-order valence-electron chi connectivity index (χ0n) is 22.4. The number of fused-ring (bicyclic) bond motifs is 2. The SMILES string of the molecule is COc1ccc([C@H]2c3sc(=O)n(CC(=O)Nc4ccccc4)c3SC3C(=O)N(c4ccc(Cl)cc4)C(=O)C32)cc1OC. The number of nitrogens with zero attached hydrogens (tertiary/aromatic N) is 2. The molecule has 2 aliphatic heterocycles. The molecular formula is C30H24ClN3O6S2. The lowest BCUT2D eigenvalue weighted by molar-refractivity contribution is -0.122. The average molecular weight is 622 g/mol. The molecule has 1 fully saturated rings. The number of benzene rings is 3. The number of ether oxygens (including phenoxy) is 2. The van der Waals surface area contributed by atoms with Crippen molar-refractivity contribution in [2.24, 2.45) is 5.92 Å². The summed E-state index contributed by atoms with van der Waals surface area (Å²) in [6.07, 6.45) is 0. The van der Waals surface area contributed by atoms with Crippen molar-refractivity contribution in [3.05, 3.63) is 97.9 Å². The number of aromatic nitrogens is 1. The fourth-order valence-corrected chi connectivity index (χ4v) is 8.27. The highest BCUT2D eigenvalue weighted by molar-refractivity contribution is 8.00. The van der Waals surface area contributed by atoms with Crippen molar-refractivity contribution in [1.29, 1.82) is 0 Å². The van der Waals surface area contributed by atoms with Gasteiger partial charge in [0, 0.05) is 21.5 Å². The van der Waals surface area contributed by atoms with Crippen LogP contribution < -0.4 is 24.6 Å². The zero-order chi connectivity index (χ0) is 29.5. The molecule has 3 amide bonds. The molecule has 0 spiro atoms. The summed E-state index contributed by atoms with van der Waals surface area (Å²) >= 11 is 8.19. The number of para-hydroxylation sites is 1. The van der Waals surface area contributed by atoms with Gasteiger partial charge in [-0.2, -0.15) is 0 Å². The normalized spacial score (nSPS) is 19.3. The summed E-state index contributed by atoms with van der Waals surface area (Å²) in [5, 5.41) is 2.96. The van der Waals surface area contributed by atoms with E-state index in [1.807, 2.05) is 12.1 Å². The first-order valence-electron chi connectivity index (χ1n) is 12.9. The molecule has 3 heterocycles. The van der Waals surface area contributed by atoms with Crippen LogP contribution in [0.1, 0.15) is 16.4 Å². The maximum atomic E-state index is 14.0. The molecule has 0 bridgehead atoms. The van der Waals surface area contributed by atoms with Gasteiger partial charge in [0.1, 0.15) is 11.8 Å². The fraction of sp³-hybridized carbons (Fsp3) is 0.200. The van der Waals surface area contributed by atoms with Gasteiger partial charge in [0.2, 0.25) is 17.7 Å². The molecule has 9 nitrogen and oxygen atoms in total. The van der Waals surface area contributed by atoms with Crippen LogP contribution in [0.3, 0.4) is 0 Å². The molecule has 3 aromatic carbocycles. The van der Waals surface area contributed by atoms with E-state index in [1.54, 1.807) is 60.7 Å². The topological polar surface area (TPSA) is 107 Å². The Morgan fingerprint density at radius 2 is 1.64 bits per heavy atom. The number of rotatable bonds is 7. The van der Waals surface area contributed by atoms with Gasteiger partial charge in [-0.25, -0.2) is 4.90 Å². The number of amides is 3. The monoisotopic (exact) mass is 621 g/mol. The van der Waals surface area contributed by atoms with Crippen molar-refractivity contribution in [2.75, 3.05) is 24.4 Å². The Bertz CT molecular complexity index is 1760. The van der Waals surface area contributed by atoms with Gasteiger partial charge in [0.05, 0.1) is 30.9 Å². The van der Waals surface area contributed by atoms with Gasteiger partial charge in [0.15, 0.2) is 11.5 Å². The molecule has 0 aliphatic carbocycles. The van der Waals surface area contributed by atoms with Crippen LogP contribution in [0.15, 0.2) is 82.6 Å². The molecule has 214 valence electrons. The van der Waals surface area contributed by atoms with Gasteiger partial charge in [-0.1, -0.05) is 59.0 Å². The lowest BCUT2D eigenvalue weighted by atomic mass is 9.83. The first kappa shape index (κ1) is 28.1. The minimum absolute atomic E-state index is 0.244. The number of thiazole rings is 1. The second-order valence-electron chi connectivity index (χ2n) is 9.68. The number of anilines is 2. The largest absolute Gasteiger partial charge is 0.493 e. The number of hydrogen-bond donors (Lipinski definition) is 1. The number of carbonyl (C=O) groups excluding carboxylic acids is 3. The summed E-state index contributed by atoms with van der Waals surface area (Å²) in [6.45, 7) is -0.244. The zero-order valence-corrected chi connectivity index (χ0v) is 24.8. The van der Waals surface area contributed by atoms with Crippen LogP contribution in [0.25, 0.3) is 0 Å². The van der Waals surface area contributed by atoms with Crippen molar-refractivity contribution in [3.8, 4) is 11.5 Å².